The number of Topliss-reactive ketones (excluding diaryl/α,β-unsaturated/α-hetero) is 4. The van der Waals surface area contributed by atoms with Gasteiger partial charge in [-0.2, -0.15) is 0 Å². The van der Waals surface area contributed by atoms with Crippen LogP contribution in [0.25, 0.3) is 65.0 Å². The maximum Gasteiger partial charge on any atom is 0.336 e. The molecule has 0 unspecified atom stereocenters. The molecule has 12 heteroatoms. The number of carbonyl (C=O) groups is 6. The molecule has 3 aliphatic carbocycles. The van der Waals surface area contributed by atoms with Crippen LogP contribution in [0.5, 0.6) is 0 Å². The van der Waals surface area contributed by atoms with Crippen LogP contribution in [0, 0.1) is 0 Å². The van der Waals surface area contributed by atoms with Crippen LogP contribution in [0.2, 0.25) is 0 Å². The van der Waals surface area contributed by atoms with E-state index in [1.165, 1.54) is 12.2 Å². The van der Waals surface area contributed by atoms with Crippen LogP contribution in [-0.4, -0.2) is 45.0 Å². The van der Waals surface area contributed by atoms with Crippen molar-refractivity contribution in [3.63, 3.8) is 0 Å². The number of nitrogens with zero attached hydrogens (tertiary/aromatic N) is 2. The van der Waals surface area contributed by atoms with Crippen molar-refractivity contribution in [3.8, 4) is 9.75 Å². The summed E-state index contributed by atoms with van der Waals surface area (Å²) < 4.78 is 12.0. The molecule has 338 valence electrons. The minimum Gasteiger partial charge on any atom is -0.459 e. The van der Waals surface area contributed by atoms with Crippen molar-refractivity contribution in [2.75, 3.05) is 0 Å². The predicted molar refractivity (Wildman–Crippen MR) is 273 cm³/mol. The van der Waals surface area contributed by atoms with E-state index in [2.05, 4.69) is 0 Å². The number of hydrogen-bond donors (Lipinski definition) is 0. The highest BCUT2D eigenvalue weighted by Gasteiger charge is 2.63. The van der Waals surface area contributed by atoms with Gasteiger partial charge in [-0.25, -0.2) is 19.6 Å². The molecule has 13 rings (SSSR count). The van der Waals surface area contributed by atoms with E-state index >= 15 is 9.59 Å². The fourth-order valence-corrected chi connectivity index (χ4v) is 12.2. The fourth-order valence-electron chi connectivity index (χ4n) is 9.89. The molecule has 0 bridgehead atoms. The molecule has 0 N–H and O–H groups in total. The number of aromatic nitrogens is 2. The Balaban J connectivity index is 0.940. The van der Waals surface area contributed by atoms with Crippen molar-refractivity contribution in [2.45, 2.75) is 18.6 Å². The Bertz CT molecular complexity index is 3710. The van der Waals surface area contributed by atoms with Crippen molar-refractivity contribution >= 4 is 113 Å². The highest BCUT2D eigenvalue weighted by molar-refractivity contribution is 7.23. The van der Waals surface area contributed by atoms with Crippen LogP contribution in [0.4, 0.5) is 0 Å². The lowest BCUT2D eigenvalue weighted by Crippen LogP contribution is -2.46. The number of rotatable bonds is 8. The Labute approximate surface area is 411 Å². The smallest absolute Gasteiger partial charge is 0.336 e. The summed E-state index contributed by atoms with van der Waals surface area (Å²) in [5.41, 5.74) is -0.374. The largest absolute Gasteiger partial charge is 0.459 e. The summed E-state index contributed by atoms with van der Waals surface area (Å²) in [5, 5.41) is 7.54. The summed E-state index contributed by atoms with van der Waals surface area (Å²) in [6.07, 6.45) is 2.79. The highest BCUT2D eigenvalue weighted by Crippen LogP contribution is 2.55. The average Bonchev–Trinajstić information content (AvgIpc) is 4.17. The van der Waals surface area contributed by atoms with Crippen molar-refractivity contribution in [1.82, 2.24) is 9.97 Å². The second kappa shape index (κ2) is 16.1. The lowest BCUT2D eigenvalue weighted by molar-refractivity contribution is -0.164. The molecule has 10 nitrogen and oxygen atoms in total. The van der Waals surface area contributed by atoms with Gasteiger partial charge in [0.25, 0.3) is 5.41 Å². The second-order valence-electron chi connectivity index (χ2n) is 17.7. The summed E-state index contributed by atoms with van der Waals surface area (Å²) in [6.45, 7) is -0.424. The number of allylic oxidation sites excluding steroid dienone is 2. The third-order valence-electron chi connectivity index (χ3n) is 13.4. The van der Waals surface area contributed by atoms with E-state index in [9.17, 15) is 19.2 Å². The minimum absolute atomic E-state index is 0.0363. The topological polar surface area (TPSA) is 147 Å². The second-order valence-corrected chi connectivity index (χ2v) is 19.7. The number of fused-ring (bicyclic) bond motifs is 9. The number of esters is 2. The summed E-state index contributed by atoms with van der Waals surface area (Å²) in [5.74, 6) is -3.96. The van der Waals surface area contributed by atoms with E-state index in [1.807, 2.05) is 84.9 Å². The van der Waals surface area contributed by atoms with Gasteiger partial charge in [0.15, 0.2) is 23.1 Å². The molecule has 71 heavy (non-hydrogen) atoms. The lowest BCUT2D eigenvalue weighted by Gasteiger charge is -2.24. The number of thiazole rings is 2. The lowest BCUT2D eigenvalue weighted by atomic mass is 9.84. The molecular formula is C59H32N2O8S2. The molecule has 0 atom stereocenters. The third kappa shape index (κ3) is 6.67. The molecule has 2 heterocycles. The predicted octanol–water partition coefficient (Wildman–Crippen LogP) is 11.9. The first-order chi connectivity index (χ1) is 34.6. The van der Waals surface area contributed by atoms with E-state index in [-0.39, 0.29) is 68.0 Å². The zero-order chi connectivity index (χ0) is 48.1. The van der Waals surface area contributed by atoms with Gasteiger partial charge in [-0.05, 0) is 115 Å². The molecular weight excluding hydrogens is 929 g/mol. The van der Waals surface area contributed by atoms with Crippen LogP contribution < -0.4 is 0 Å². The quantitative estimate of drug-likeness (QED) is 0.0474. The monoisotopic (exact) mass is 960 g/mol. The first-order valence-electron chi connectivity index (χ1n) is 22.6. The van der Waals surface area contributed by atoms with Gasteiger partial charge >= 0.3 is 11.9 Å². The summed E-state index contributed by atoms with van der Waals surface area (Å²) in [6, 6.07) is 48.5. The maximum atomic E-state index is 15.1. The number of ketones is 4. The molecule has 10 aromatic rings. The number of ether oxygens (including phenoxy) is 2. The Morgan fingerprint density at radius 1 is 0.423 bits per heavy atom. The van der Waals surface area contributed by atoms with Gasteiger partial charge in [-0.1, -0.05) is 109 Å². The van der Waals surface area contributed by atoms with Gasteiger partial charge < -0.3 is 9.47 Å². The molecule has 2 aromatic heterocycles. The average molecular weight is 961 g/mol. The number of hydrogen-bond acceptors (Lipinski definition) is 12. The van der Waals surface area contributed by atoms with Gasteiger partial charge in [0, 0.05) is 22.3 Å². The zero-order valence-electron chi connectivity index (χ0n) is 37.1. The molecule has 0 radical (unpaired) electrons. The van der Waals surface area contributed by atoms with Crippen LogP contribution in [0.3, 0.4) is 0 Å². The van der Waals surface area contributed by atoms with Crippen molar-refractivity contribution in [3.05, 3.63) is 224 Å². The van der Waals surface area contributed by atoms with Gasteiger partial charge in [0.1, 0.15) is 23.2 Å². The van der Waals surface area contributed by atoms with Gasteiger partial charge in [0.05, 0.1) is 32.3 Å². The molecule has 0 fully saturated rings. The van der Waals surface area contributed by atoms with Crippen molar-refractivity contribution in [2.24, 2.45) is 0 Å². The summed E-state index contributed by atoms with van der Waals surface area (Å²) in [7, 11) is 0. The minimum atomic E-state index is -2.41. The van der Waals surface area contributed by atoms with Gasteiger partial charge in [-0.15, -0.1) is 22.7 Å². The van der Waals surface area contributed by atoms with E-state index in [1.54, 1.807) is 72.8 Å². The van der Waals surface area contributed by atoms with Gasteiger partial charge in [0.2, 0.25) is 0 Å². The van der Waals surface area contributed by atoms with Crippen LogP contribution >= 0.6 is 22.7 Å². The van der Waals surface area contributed by atoms with E-state index < -0.39 is 40.5 Å². The van der Waals surface area contributed by atoms with E-state index in [4.69, 9.17) is 19.4 Å². The van der Waals surface area contributed by atoms with Crippen molar-refractivity contribution < 1.29 is 38.2 Å². The number of carbonyl (C=O) groups excluding carboxylic acids is 6. The van der Waals surface area contributed by atoms with Gasteiger partial charge in [-0.3, -0.25) is 19.2 Å². The van der Waals surface area contributed by atoms with Crippen LogP contribution in [0.15, 0.2) is 169 Å². The molecule has 0 saturated carbocycles. The highest BCUT2D eigenvalue weighted by atomic mass is 32.1. The summed E-state index contributed by atoms with van der Waals surface area (Å²) in [4.78, 5) is 97.3. The van der Waals surface area contributed by atoms with E-state index in [0.717, 1.165) is 65.8 Å². The molecule has 3 aliphatic rings. The first kappa shape index (κ1) is 42.3. The SMILES string of the molecule is O=C1C(=Cc2nc3c(s2)-c2sc(C=C4C(=O)c5cc6cc7ccccc7cc6cc5C4=O)nc2C3(C(=O)OCc2ccccc2)C(=O)OCc2ccccc2)C(=O)c2cc3cc4ccccc4cc3cc21. The molecule has 0 amide bonds. The molecule has 0 aliphatic heterocycles. The molecule has 0 spiro atoms. The zero-order valence-corrected chi connectivity index (χ0v) is 38.7. The summed E-state index contributed by atoms with van der Waals surface area (Å²) >= 11 is 2.12. The molecule has 0 saturated heterocycles. The number of benzene rings is 8. The Hall–Kier alpha value is -8.84. The molecule has 8 aromatic carbocycles. The maximum absolute atomic E-state index is 15.1. The van der Waals surface area contributed by atoms with Crippen LogP contribution in [0.1, 0.15) is 74.0 Å². The first-order valence-corrected chi connectivity index (χ1v) is 24.3. The van der Waals surface area contributed by atoms with Crippen molar-refractivity contribution in [1.29, 1.82) is 0 Å². The Morgan fingerprint density at radius 3 is 1.06 bits per heavy atom. The Morgan fingerprint density at radius 2 is 0.732 bits per heavy atom. The fraction of sp³-hybridized carbons (Fsp3) is 0.0508. The van der Waals surface area contributed by atoms with E-state index in [0.29, 0.717) is 20.9 Å². The normalized spacial score (nSPS) is 14.3. The Kier molecular flexibility index (Phi) is 9.60. The van der Waals surface area contributed by atoms with Crippen LogP contribution in [-0.2, 0) is 37.7 Å². The third-order valence-corrected chi connectivity index (χ3v) is 15.6. The standard InChI is InChI=1S/C59H32N2O8S2/c62-49-41-23-37-19-33-15-7-8-16-34(33)20-38(37)24-42(41)50(63)45(49)27-47-60-55-53(70-47)54-56(59(55,57(66)68-29-31-11-3-1-4-12-31)58(67)69-30-32-13-5-2-6-14-32)61-48(71-54)28-46-51(64)43-25-39-21-35-17-9-10-18-36(35)22-40(39)26-44(43)52(46)65/h1-28H,29-30H2.